The Morgan fingerprint density at radius 1 is 1.36 bits per heavy atom. The lowest BCUT2D eigenvalue weighted by molar-refractivity contribution is -0.530. The van der Waals surface area contributed by atoms with Crippen LogP contribution in [0.15, 0.2) is 30.3 Å². The fourth-order valence-corrected chi connectivity index (χ4v) is 0.757. The summed E-state index contributed by atoms with van der Waals surface area (Å²) in [5.74, 6) is 0. The molecule has 1 unspecified atom stereocenters. The molecule has 0 aromatic heterocycles. The zero-order chi connectivity index (χ0) is 8.27. The smallest absolute Gasteiger partial charge is 0.262 e. The van der Waals surface area contributed by atoms with E-state index in [9.17, 15) is 10.1 Å². The highest BCUT2D eigenvalue weighted by molar-refractivity contribution is 5.15. The van der Waals surface area contributed by atoms with Gasteiger partial charge in [0.15, 0.2) is 0 Å². The van der Waals surface area contributed by atoms with Crippen molar-refractivity contribution < 1.29 is 4.92 Å². The molecular formula is C7H7N2O2. The Morgan fingerprint density at radius 3 is 2.36 bits per heavy atom. The van der Waals surface area contributed by atoms with Gasteiger partial charge in [0.25, 0.3) is 0 Å². The van der Waals surface area contributed by atoms with Gasteiger partial charge in [-0.1, -0.05) is 30.3 Å². The molecule has 0 bridgehead atoms. The first kappa shape index (κ1) is 7.68. The molecule has 4 heteroatoms. The molecule has 4 nitrogen and oxygen atoms in total. The van der Waals surface area contributed by atoms with Gasteiger partial charge in [0.2, 0.25) is 0 Å². The van der Waals surface area contributed by atoms with Gasteiger partial charge in [0.05, 0.1) is 0 Å². The van der Waals surface area contributed by atoms with Gasteiger partial charge in [-0.15, -0.1) is 0 Å². The third kappa shape index (κ3) is 1.75. The second-order valence-corrected chi connectivity index (χ2v) is 2.10. The van der Waals surface area contributed by atoms with Crippen molar-refractivity contribution in [3.05, 3.63) is 46.0 Å². The molecule has 1 atom stereocenters. The van der Waals surface area contributed by atoms with Crippen LogP contribution in [0.1, 0.15) is 11.7 Å². The van der Waals surface area contributed by atoms with Gasteiger partial charge in [0.1, 0.15) is 0 Å². The van der Waals surface area contributed by atoms with Gasteiger partial charge in [-0.05, 0) is 0 Å². The van der Waals surface area contributed by atoms with Gasteiger partial charge < -0.3 is 0 Å². The highest BCUT2D eigenvalue weighted by atomic mass is 16.6. The number of hydrogen-bond donors (Lipinski definition) is 0. The fraction of sp³-hybridized carbons (Fsp3) is 0.143. The number of nitro groups is 1. The average molecular weight is 151 g/mol. The molecule has 57 valence electrons. The van der Waals surface area contributed by atoms with Crippen LogP contribution in [0.25, 0.3) is 0 Å². The zero-order valence-corrected chi connectivity index (χ0v) is 5.73. The number of rotatable bonds is 2. The standard InChI is InChI=1S/C7H7N2O2/c8-7(9(10)11)6-4-2-1-3-5-6/h1-5,7-8H. The van der Waals surface area contributed by atoms with Gasteiger partial charge in [-0.2, -0.15) is 5.73 Å². The Balaban J connectivity index is 2.85. The van der Waals surface area contributed by atoms with Crippen LogP contribution >= 0.6 is 0 Å². The monoisotopic (exact) mass is 151 g/mol. The summed E-state index contributed by atoms with van der Waals surface area (Å²) in [6.07, 6.45) is -1.35. The largest absolute Gasteiger partial charge is 0.303 e. The van der Waals surface area contributed by atoms with Crippen molar-refractivity contribution in [3.8, 4) is 0 Å². The molecule has 0 spiro atoms. The van der Waals surface area contributed by atoms with Crippen LogP contribution in [0.5, 0.6) is 0 Å². The van der Waals surface area contributed by atoms with Crippen molar-refractivity contribution in [3.63, 3.8) is 0 Å². The molecule has 1 aromatic carbocycles. The van der Waals surface area contributed by atoms with Crippen LogP contribution in [0, 0.1) is 10.1 Å². The first-order chi connectivity index (χ1) is 5.22. The number of nitrogens with zero attached hydrogens (tertiary/aromatic N) is 1. The highest BCUT2D eigenvalue weighted by Crippen LogP contribution is 2.10. The maximum atomic E-state index is 10.1. The Kier molecular flexibility index (Phi) is 2.18. The first-order valence-electron chi connectivity index (χ1n) is 3.11. The molecule has 0 amide bonds. The topological polar surface area (TPSA) is 66.9 Å². The molecule has 1 radical (unpaired) electrons. The molecule has 0 aliphatic rings. The summed E-state index contributed by atoms with van der Waals surface area (Å²) in [7, 11) is 0. The van der Waals surface area contributed by atoms with Gasteiger partial charge in [-0.3, -0.25) is 10.1 Å². The number of hydrogen-bond acceptors (Lipinski definition) is 2. The number of nitrogens with one attached hydrogen (secondary N) is 1. The minimum absolute atomic E-state index is 0.414. The third-order valence-electron chi connectivity index (χ3n) is 1.33. The lowest BCUT2D eigenvalue weighted by Crippen LogP contribution is -2.10. The van der Waals surface area contributed by atoms with E-state index in [0.29, 0.717) is 5.56 Å². The van der Waals surface area contributed by atoms with E-state index in [0.717, 1.165) is 0 Å². The predicted octanol–water partition coefficient (Wildman–Crippen LogP) is 1.24. The molecule has 0 fully saturated rings. The van der Waals surface area contributed by atoms with Crippen molar-refractivity contribution in [1.29, 1.82) is 0 Å². The molecule has 0 aliphatic carbocycles. The van der Waals surface area contributed by atoms with E-state index in [2.05, 4.69) is 0 Å². The molecular weight excluding hydrogens is 144 g/mol. The van der Waals surface area contributed by atoms with Gasteiger partial charge in [-0.25, -0.2) is 0 Å². The third-order valence-corrected chi connectivity index (χ3v) is 1.33. The van der Waals surface area contributed by atoms with E-state index in [1.165, 1.54) is 0 Å². The highest BCUT2D eigenvalue weighted by Gasteiger charge is 2.15. The molecule has 0 heterocycles. The predicted molar refractivity (Wildman–Crippen MR) is 39.3 cm³/mol. The zero-order valence-electron chi connectivity index (χ0n) is 5.73. The first-order valence-corrected chi connectivity index (χ1v) is 3.11. The Labute approximate surface area is 63.8 Å². The van der Waals surface area contributed by atoms with E-state index >= 15 is 0 Å². The quantitative estimate of drug-likeness (QED) is 0.471. The van der Waals surface area contributed by atoms with Crippen molar-refractivity contribution in [2.24, 2.45) is 0 Å². The summed E-state index contributed by atoms with van der Waals surface area (Å²) in [5, 5.41) is 10.1. The Morgan fingerprint density at radius 2 is 1.91 bits per heavy atom. The molecule has 1 aromatic rings. The maximum absolute atomic E-state index is 10.1. The van der Waals surface area contributed by atoms with Gasteiger partial charge >= 0.3 is 6.17 Å². The summed E-state index contributed by atoms with van der Waals surface area (Å²) in [5.41, 5.74) is 7.48. The van der Waals surface area contributed by atoms with Crippen LogP contribution < -0.4 is 5.73 Å². The van der Waals surface area contributed by atoms with E-state index < -0.39 is 11.1 Å². The van der Waals surface area contributed by atoms with Crippen molar-refractivity contribution in [1.82, 2.24) is 5.73 Å². The number of benzene rings is 1. The maximum Gasteiger partial charge on any atom is 0.303 e. The molecule has 0 saturated carbocycles. The van der Waals surface area contributed by atoms with Crippen molar-refractivity contribution in [2.75, 3.05) is 0 Å². The minimum Gasteiger partial charge on any atom is -0.262 e. The van der Waals surface area contributed by atoms with E-state index in [-0.39, 0.29) is 0 Å². The summed E-state index contributed by atoms with van der Waals surface area (Å²) < 4.78 is 0. The van der Waals surface area contributed by atoms with Crippen molar-refractivity contribution in [2.45, 2.75) is 6.17 Å². The molecule has 0 aliphatic heterocycles. The van der Waals surface area contributed by atoms with E-state index in [1.807, 2.05) is 0 Å². The minimum atomic E-state index is -1.35. The van der Waals surface area contributed by atoms with Crippen LogP contribution in [0.4, 0.5) is 0 Å². The molecule has 1 N–H and O–H groups in total. The average Bonchev–Trinajstić information content (AvgIpc) is 2.05. The normalized spacial score (nSPS) is 12.5. The van der Waals surface area contributed by atoms with Crippen LogP contribution in [-0.2, 0) is 0 Å². The summed E-state index contributed by atoms with van der Waals surface area (Å²) in [6.45, 7) is 0. The lowest BCUT2D eigenvalue weighted by Gasteiger charge is -2.00. The lowest BCUT2D eigenvalue weighted by atomic mass is 10.2. The van der Waals surface area contributed by atoms with E-state index in [4.69, 9.17) is 5.73 Å². The molecule has 0 saturated heterocycles. The van der Waals surface area contributed by atoms with E-state index in [1.54, 1.807) is 30.3 Å². The Bertz CT molecular complexity index is 248. The van der Waals surface area contributed by atoms with Crippen LogP contribution in [0.3, 0.4) is 0 Å². The van der Waals surface area contributed by atoms with Crippen LogP contribution in [-0.4, -0.2) is 4.92 Å². The Hall–Kier alpha value is -1.42. The van der Waals surface area contributed by atoms with Crippen LogP contribution in [0.2, 0.25) is 0 Å². The van der Waals surface area contributed by atoms with Crippen molar-refractivity contribution >= 4 is 0 Å². The second-order valence-electron chi connectivity index (χ2n) is 2.10. The summed E-state index contributed by atoms with van der Waals surface area (Å²) in [4.78, 5) is 9.49. The summed E-state index contributed by atoms with van der Waals surface area (Å²) >= 11 is 0. The molecule has 1 rings (SSSR count). The fourth-order valence-electron chi connectivity index (χ4n) is 0.757. The SMILES string of the molecule is [NH]C(c1ccccc1)[N+](=O)[O-]. The molecule has 11 heavy (non-hydrogen) atoms. The van der Waals surface area contributed by atoms with Gasteiger partial charge in [0, 0.05) is 10.5 Å². The second kappa shape index (κ2) is 3.12. The summed E-state index contributed by atoms with van der Waals surface area (Å²) in [6, 6.07) is 8.26.